The van der Waals surface area contributed by atoms with Gasteiger partial charge in [0.15, 0.2) is 6.61 Å². The molecule has 0 fully saturated rings. The van der Waals surface area contributed by atoms with Crippen LogP contribution in [0.3, 0.4) is 0 Å². The third-order valence-electron chi connectivity index (χ3n) is 3.11. The van der Waals surface area contributed by atoms with Crippen LogP contribution < -0.4 is 10.0 Å². The molecular formula is C15H22N2O6S. The molecule has 0 heterocycles. The number of hydrogen-bond donors (Lipinski definition) is 2. The smallest absolute Gasteiger partial charge is 0.306 e. The maximum atomic E-state index is 11.6. The van der Waals surface area contributed by atoms with Gasteiger partial charge in [0.1, 0.15) is 0 Å². The van der Waals surface area contributed by atoms with Crippen molar-refractivity contribution in [3.05, 3.63) is 29.8 Å². The van der Waals surface area contributed by atoms with Crippen molar-refractivity contribution in [1.82, 2.24) is 10.0 Å². The third-order valence-corrected chi connectivity index (χ3v) is 4.54. The minimum Gasteiger partial charge on any atom is -0.456 e. The molecule has 0 saturated carbocycles. The van der Waals surface area contributed by atoms with Gasteiger partial charge in [-0.25, -0.2) is 13.1 Å². The lowest BCUT2D eigenvalue weighted by molar-refractivity contribution is -0.148. The number of amides is 1. The van der Waals surface area contributed by atoms with Crippen LogP contribution in [0.2, 0.25) is 0 Å². The number of methoxy groups -OCH3 is 1. The van der Waals surface area contributed by atoms with Gasteiger partial charge in [-0.1, -0.05) is 12.1 Å². The molecular weight excluding hydrogens is 336 g/mol. The molecule has 9 heteroatoms. The van der Waals surface area contributed by atoms with Gasteiger partial charge < -0.3 is 14.8 Å². The average molecular weight is 358 g/mol. The Bertz CT molecular complexity index is 642. The van der Waals surface area contributed by atoms with Crippen molar-refractivity contribution in [3.63, 3.8) is 0 Å². The molecule has 1 aromatic rings. The van der Waals surface area contributed by atoms with Crippen LogP contribution in [0.25, 0.3) is 0 Å². The van der Waals surface area contributed by atoms with Gasteiger partial charge in [0.2, 0.25) is 10.0 Å². The minimum absolute atomic E-state index is 0.101. The lowest BCUT2D eigenvalue weighted by atomic mass is 10.1. The fraction of sp³-hybridized carbons (Fsp3) is 0.467. The van der Waals surface area contributed by atoms with Gasteiger partial charge >= 0.3 is 5.97 Å². The summed E-state index contributed by atoms with van der Waals surface area (Å²) < 4.78 is 35.0. The van der Waals surface area contributed by atoms with E-state index in [-0.39, 0.29) is 23.8 Å². The van der Waals surface area contributed by atoms with E-state index < -0.39 is 16.0 Å². The summed E-state index contributed by atoms with van der Waals surface area (Å²) in [6.45, 7) is 0.412. The van der Waals surface area contributed by atoms with Crippen LogP contribution in [-0.2, 0) is 35.5 Å². The Morgan fingerprint density at radius 1 is 1.17 bits per heavy atom. The normalized spacial score (nSPS) is 11.1. The summed E-state index contributed by atoms with van der Waals surface area (Å²) in [6, 6.07) is 6.20. The van der Waals surface area contributed by atoms with Crippen molar-refractivity contribution in [2.45, 2.75) is 17.7 Å². The van der Waals surface area contributed by atoms with Crippen molar-refractivity contribution in [2.24, 2.45) is 0 Å². The first-order valence-electron chi connectivity index (χ1n) is 7.33. The fourth-order valence-corrected chi connectivity index (χ4v) is 2.49. The number of esters is 1. The Balaban J connectivity index is 2.35. The zero-order valence-electron chi connectivity index (χ0n) is 13.7. The lowest BCUT2D eigenvalue weighted by Gasteiger charge is -2.07. The van der Waals surface area contributed by atoms with Crippen molar-refractivity contribution in [1.29, 1.82) is 0 Å². The predicted molar refractivity (Wildman–Crippen MR) is 86.9 cm³/mol. The number of nitrogens with one attached hydrogen (secondary N) is 2. The summed E-state index contributed by atoms with van der Waals surface area (Å²) in [4.78, 5) is 23.1. The molecule has 0 saturated heterocycles. The summed E-state index contributed by atoms with van der Waals surface area (Å²) in [6.07, 6.45) is 0.494. The van der Waals surface area contributed by atoms with E-state index in [1.54, 1.807) is 12.1 Å². The first-order valence-corrected chi connectivity index (χ1v) is 8.81. The number of hydrogen-bond acceptors (Lipinski definition) is 6. The molecule has 0 aliphatic heterocycles. The molecule has 0 bridgehead atoms. The number of carbonyl (C=O) groups excluding carboxylic acids is 2. The van der Waals surface area contributed by atoms with Crippen LogP contribution >= 0.6 is 0 Å². The molecule has 0 spiro atoms. The lowest BCUT2D eigenvalue weighted by Crippen LogP contribution is -2.31. The topological polar surface area (TPSA) is 111 Å². The van der Waals surface area contributed by atoms with E-state index in [1.165, 1.54) is 26.3 Å². The highest BCUT2D eigenvalue weighted by Crippen LogP contribution is 2.11. The molecule has 1 amide bonds. The molecule has 2 N–H and O–H groups in total. The molecule has 0 atom stereocenters. The summed E-state index contributed by atoms with van der Waals surface area (Å²) in [7, 11) is -0.610. The molecule has 0 aromatic heterocycles. The zero-order chi connectivity index (χ0) is 18.0. The Morgan fingerprint density at radius 3 is 2.42 bits per heavy atom. The largest absolute Gasteiger partial charge is 0.456 e. The van der Waals surface area contributed by atoms with E-state index in [0.717, 1.165) is 5.56 Å². The van der Waals surface area contributed by atoms with E-state index in [1.807, 2.05) is 0 Å². The van der Waals surface area contributed by atoms with Crippen LogP contribution in [0.4, 0.5) is 0 Å². The van der Waals surface area contributed by atoms with Gasteiger partial charge in [0, 0.05) is 20.1 Å². The van der Waals surface area contributed by atoms with E-state index >= 15 is 0 Å². The van der Waals surface area contributed by atoms with Crippen molar-refractivity contribution in [3.8, 4) is 0 Å². The Hall–Kier alpha value is -1.97. The molecule has 0 radical (unpaired) electrons. The molecule has 0 aliphatic carbocycles. The highest BCUT2D eigenvalue weighted by Gasteiger charge is 2.11. The van der Waals surface area contributed by atoms with Gasteiger partial charge in [-0.15, -0.1) is 0 Å². The van der Waals surface area contributed by atoms with Crippen LogP contribution in [0.1, 0.15) is 12.0 Å². The van der Waals surface area contributed by atoms with Crippen LogP contribution in [-0.4, -0.2) is 54.2 Å². The van der Waals surface area contributed by atoms with Crippen molar-refractivity contribution < 1.29 is 27.5 Å². The zero-order valence-corrected chi connectivity index (χ0v) is 14.5. The highest BCUT2D eigenvalue weighted by atomic mass is 32.2. The van der Waals surface area contributed by atoms with Crippen molar-refractivity contribution >= 4 is 21.9 Å². The molecule has 0 aliphatic rings. The standard InChI is InChI=1S/C15H22N2O6S/c1-16-24(20,21)13-6-3-12(4-7-13)5-8-15(19)23-11-14(18)17-9-10-22-2/h3-4,6-7,16H,5,8-11H2,1-2H3,(H,17,18). The Labute approximate surface area is 141 Å². The van der Waals surface area contributed by atoms with Gasteiger partial charge in [0.05, 0.1) is 11.5 Å². The maximum absolute atomic E-state index is 11.6. The Morgan fingerprint density at radius 2 is 1.83 bits per heavy atom. The van der Waals surface area contributed by atoms with E-state index in [9.17, 15) is 18.0 Å². The van der Waals surface area contributed by atoms with E-state index in [2.05, 4.69) is 10.0 Å². The maximum Gasteiger partial charge on any atom is 0.306 e. The second kappa shape index (κ2) is 10.0. The second-order valence-corrected chi connectivity index (χ2v) is 6.74. The number of benzene rings is 1. The van der Waals surface area contributed by atoms with E-state index in [4.69, 9.17) is 9.47 Å². The minimum atomic E-state index is -3.47. The first-order chi connectivity index (χ1) is 11.4. The monoisotopic (exact) mass is 358 g/mol. The summed E-state index contributed by atoms with van der Waals surface area (Å²) in [5, 5.41) is 2.53. The average Bonchev–Trinajstić information content (AvgIpc) is 2.58. The summed E-state index contributed by atoms with van der Waals surface area (Å²) >= 11 is 0. The second-order valence-electron chi connectivity index (χ2n) is 4.85. The number of carbonyl (C=O) groups is 2. The summed E-state index contributed by atoms with van der Waals surface area (Å²) in [5.74, 6) is -0.883. The quantitative estimate of drug-likeness (QED) is 0.444. The fourth-order valence-electron chi connectivity index (χ4n) is 1.76. The number of sulfonamides is 1. The molecule has 0 unspecified atom stereocenters. The number of aryl methyl sites for hydroxylation is 1. The predicted octanol–water partition coefficient (Wildman–Crippen LogP) is -0.167. The van der Waals surface area contributed by atoms with Gasteiger partial charge in [-0.3, -0.25) is 9.59 Å². The van der Waals surface area contributed by atoms with Crippen molar-refractivity contribution in [2.75, 3.05) is 33.9 Å². The molecule has 134 valence electrons. The van der Waals surface area contributed by atoms with Crippen LogP contribution in [0, 0.1) is 0 Å². The molecule has 24 heavy (non-hydrogen) atoms. The molecule has 8 nitrogen and oxygen atoms in total. The summed E-state index contributed by atoms with van der Waals surface area (Å²) in [5.41, 5.74) is 0.798. The van der Waals surface area contributed by atoms with Gasteiger partial charge in [-0.2, -0.15) is 0 Å². The number of ether oxygens (including phenoxy) is 2. The SMILES string of the molecule is CNS(=O)(=O)c1ccc(CCC(=O)OCC(=O)NCCOC)cc1. The molecule has 1 rings (SSSR count). The van der Waals surface area contributed by atoms with Gasteiger partial charge in [-0.05, 0) is 31.2 Å². The first kappa shape index (κ1) is 20.1. The van der Waals surface area contributed by atoms with Crippen LogP contribution in [0.5, 0.6) is 0 Å². The molecule has 1 aromatic carbocycles. The highest BCUT2D eigenvalue weighted by molar-refractivity contribution is 7.89. The van der Waals surface area contributed by atoms with E-state index in [0.29, 0.717) is 19.6 Å². The third kappa shape index (κ3) is 7.07. The number of rotatable bonds is 10. The van der Waals surface area contributed by atoms with Crippen LogP contribution in [0.15, 0.2) is 29.2 Å². The Kier molecular flexibility index (Phi) is 8.37. The van der Waals surface area contributed by atoms with Gasteiger partial charge in [0.25, 0.3) is 5.91 Å².